The molecule has 3 aromatic rings. The maximum Gasteiger partial charge on any atom is 0.226 e. The van der Waals surface area contributed by atoms with Crippen LogP contribution >= 0.6 is 15.9 Å². The van der Waals surface area contributed by atoms with Crippen LogP contribution in [0, 0.1) is 5.92 Å². The highest BCUT2D eigenvalue weighted by atomic mass is 79.9. The molecule has 1 fully saturated rings. The third-order valence-corrected chi connectivity index (χ3v) is 5.85. The molecule has 1 atom stereocenters. The number of imidazole rings is 1. The summed E-state index contributed by atoms with van der Waals surface area (Å²) < 4.78 is 3.28. The first-order chi connectivity index (χ1) is 13.5. The Kier molecular flexibility index (Phi) is 5.51. The largest absolute Gasteiger partial charge is 0.349 e. The number of para-hydroxylation sites is 2. The normalized spacial score (nSPS) is 17.8. The Morgan fingerprint density at radius 2 is 2.04 bits per heavy atom. The lowest BCUT2D eigenvalue weighted by molar-refractivity contribution is -0.134. The average Bonchev–Trinajstić information content (AvgIpc) is 3.05. The Morgan fingerprint density at radius 1 is 1.21 bits per heavy atom. The molecule has 0 radical (unpaired) electrons. The maximum absolute atomic E-state index is 12.4. The minimum Gasteiger partial charge on any atom is -0.349 e. The molecule has 0 aliphatic carbocycles. The molecule has 1 aromatic heterocycles. The van der Waals surface area contributed by atoms with E-state index in [0.29, 0.717) is 0 Å². The lowest BCUT2D eigenvalue weighted by atomic mass is 9.97. The first-order valence-corrected chi connectivity index (χ1v) is 10.5. The number of hydrogen-bond acceptors (Lipinski definition) is 3. The van der Waals surface area contributed by atoms with Gasteiger partial charge >= 0.3 is 0 Å². The zero-order valence-corrected chi connectivity index (χ0v) is 17.9. The summed E-state index contributed by atoms with van der Waals surface area (Å²) in [6.45, 7) is 2.52. The number of carbonyl (C=O) groups is 1. The number of aromatic nitrogens is 2. The van der Waals surface area contributed by atoms with Gasteiger partial charge in [-0.25, -0.2) is 4.98 Å². The van der Waals surface area contributed by atoms with Crippen LogP contribution in [0.4, 0.5) is 0 Å². The first-order valence-electron chi connectivity index (χ1n) is 9.69. The molecule has 0 saturated carbocycles. The van der Waals surface area contributed by atoms with Gasteiger partial charge in [-0.3, -0.25) is 14.3 Å². The van der Waals surface area contributed by atoms with E-state index in [1.54, 1.807) is 4.90 Å². The highest BCUT2D eigenvalue weighted by Crippen LogP contribution is 2.26. The molecule has 4 rings (SSSR count). The second-order valence-electron chi connectivity index (χ2n) is 7.64. The van der Waals surface area contributed by atoms with Gasteiger partial charge in [0.25, 0.3) is 0 Å². The zero-order valence-electron chi connectivity index (χ0n) is 16.3. The molecule has 1 aliphatic rings. The van der Waals surface area contributed by atoms with Gasteiger partial charge in [-0.15, -0.1) is 0 Å². The van der Waals surface area contributed by atoms with Crippen LogP contribution in [-0.4, -0.2) is 52.4 Å². The number of piperidine rings is 1. The number of fused-ring (bicyclic) bond motifs is 1. The van der Waals surface area contributed by atoms with Crippen LogP contribution in [0.3, 0.4) is 0 Å². The van der Waals surface area contributed by atoms with Crippen LogP contribution in [0.25, 0.3) is 16.7 Å². The Bertz CT molecular complexity index is 997. The Hall–Kier alpha value is -2.18. The predicted octanol–water partition coefficient (Wildman–Crippen LogP) is 4.09. The van der Waals surface area contributed by atoms with E-state index in [1.165, 1.54) is 0 Å². The van der Waals surface area contributed by atoms with Crippen molar-refractivity contribution in [1.82, 2.24) is 19.4 Å². The SMILES string of the molecule is CN(C)C(=O)[C@@H]1CCCN(Cc2nc3ccccc3n2-c2cccc(Br)c2)C1. The highest BCUT2D eigenvalue weighted by Gasteiger charge is 2.28. The van der Waals surface area contributed by atoms with E-state index in [9.17, 15) is 4.79 Å². The van der Waals surface area contributed by atoms with Gasteiger partial charge in [0, 0.05) is 30.8 Å². The third kappa shape index (κ3) is 3.84. The Morgan fingerprint density at radius 3 is 2.82 bits per heavy atom. The van der Waals surface area contributed by atoms with E-state index in [-0.39, 0.29) is 11.8 Å². The van der Waals surface area contributed by atoms with E-state index in [1.807, 2.05) is 32.3 Å². The summed E-state index contributed by atoms with van der Waals surface area (Å²) in [6.07, 6.45) is 2.01. The van der Waals surface area contributed by atoms with Gasteiger partial charge in [0.2, 0.25) is 5.91 Å². The summed E-state index contributed by atoms with van der Waals surface area (Å²) in [6, 6.07) is 16.5. The monoisotopic (exact) mass is 440 g/mol. The number of nitrogens with zero attached hydrogens (tertiary/aromatic N) is 4. The number of benzene rings is 2. The van der Waals surface area contributed by atoms with Gasteiger partial charge in [0.15, 0.2) is 0 Å². The molecular weight excluding hydrogens is 416 g/mol. The van der Waals surface area contributed by atoms with Crippen molar-refractivity contribution < 1.29 is 4.79 Å². The van der Waals surface area contributed by atoms with Crippen molar-refractivity contribution in [3.63, 3.8) is 0 Å². The van der Waals surface area contributed by atoms with Crippen molar-refractivity contribution in [3.8, 4) is 5.69 Å². The van der Waals surface area contributed by atoms with Crippen molar-refractivity contribution in [1.29, 1.82) is 0 Å². The van der Waals surface area contributed by atoms with Crippen LogP contribution in [0.2, 0.25) is 0 Å². The highest BCUT2D eigenvalue weighted by molar-refractivity contribution is 9.10. The molecule has 1 saturated heterocycles. The van der Waals surface area contributed by atoms with E-state index in [4.69, 9.17) is 4.98 Å². The molecule has 2 heterocycles. The van der Waals surface area contributed by atoms with Crippen LogP contribution in [0.15, 0.2) is 53.0 Å². The lowest BCUT2D eigenvalue weighted by Gasteiger charge is -2.33. The Labute approximate surface area is 174 Å². The smallest absolute Gasteiger partial charge is 0.226 e. The predicted molar refractivity (Wildman–Crippen MR) is 115 cm³/mol. The third-order valence-electron chi connectivity index (χ3n) is 5.36. The molecule has 0 N–H and O–H groups in total. The fourth-order valence-electron chi connectivity index (χ4n) is 4.05. The van der Waals surface area contributed by atoms with Crippen LogP contribution in [-0.2, 0) is 11.3 Å². The minimum absolute atomic E-state index is 0.0763. The van der Waals surface area contributed by atoms with Crippen molar-refractivity contribution in [2.24, 2.45) is 5.92 Å². The summed E-state index contributed by atoms with van der Waals surface area (Å²) in [4.78, 5) is 21.4. The number of rotatable bonds is 4. The minimum atomic E-state index is 0.0763. The van der Waals surface area contributed by atoms with E-state index in [0.717, 1.165) is 59.5 Å². The fraction of sp³-hybridized carbons (Fsp3) is 0.364. The van der Waals surface area contributed by atoms with Crippen molar-refractivity contribution in [3.05, 3.63) is 58.8 Å². The molecule has 6 heteroatoms. The van der Waals surface area contributed by atoms with Gasteiger partial charge in [-0.1, -0.05) is 34.1 Å². The van der Waals surface area contributed by atoms with Crippen molar-refractivity contribution in [2.75, 3.05) is 27.2 Å². The molecule has 5 nitrogen and oxygen atoms in total. The fourth-order valence-corrected chi connectivity index (χ4v) is 4.44. The first kappa shape index (κ1) is 19.2. The number of amides is 1. The van der Waals surface area contributed by atoms with Gasteiger partial charge < -0.3 is 4.90 Å². The topological polar surface area (TPSA) is 41.4 Å². The summed E-state index contributed by atoms with van der Waals surface area (Å²) in [5, 5.41) is 0. The van der Waals surface area contributed by atoms with Crippen LogP contribution < -0.4 is 0 Å². The van der Waals surface area contributed by atoms with E-state index >= 15 is 0 Å². The molecule has 0 spiro atoms. The number of hydrogen-bond donors (Lipinski definition) is 0. The quantitative estimate of drug-likeness (QED) is 0.613. The van der Waals surface area contributed by atoms with Gasteiger partial charge in [0.1, 0.15) is 5.82 Å². The zero-order chi connectivity index (χ0) is 19.7. The summed E-state index contributed by atoms with van der Waals surface area (Å²) in [5.74, 6) is 1.31. The molecule has 0 bridgehead atoms. The second kappa shape index (κ2) is 8.05. The van der Waals surface area contributed by atoms with Gasteiger partial charge in [-0.2, -0.15) is 0 Å². The summed E-state index contributed by atoms with van der Waals surface area (Å²) >= 11 is 3.59. The number of likely N-dealkylation sites (tertiary alicyclic amines) is 1. The maximum atomic E-state index is 12.4. The van der Waals surface area contributed by atoms with Crippen molar-refractivity contribution >= 4 is 32.9 Å². The van der Waals surface area contributed by atoms with Gasteiger partial charge in [0.05, 0.1) is 23.5 Å². The lowest BCUT2D eigenvalue weighted by Crippen LogP contribution is -2.42. The van der Waals surface area contributed by atoms with Crippen molar-refractivity contribution in [2.45, 2.75) is 19.4 Å². The molecule has 2 aromatic carbocycles. The Balaban J connectivity index is 1.67. The molecule has 1 amide bonds. The van der Waals surface area contributed by atoms with Gasteiger partial charge in [-0.05, 0) is 49.7 Å². The van der Waals surface area contributed by atoms with E-state index < -0.39 is 0 Å². The van der Waals surface area contributed by atoms with Crippen LogP contribution in [0.1, 0.15) is 18.7 Å². The molecule has 0 unspecified atom stereocenters. The molecule has 146 valence electrons. The average molecular weight is 441 g/mol. The van der Waals surface area contributed by atoms with E-state index in [2.05, 4.69) is 55.7 Å². The second-order valence-corrected chi connectivity index (χ2v) is 8.55. The molecule has 1 aliphatic heterocycles. The summed E-state index contributed by atoms with van der Waals surface area (Å²) in [7, 11) is 3.68. The molecule has 28 heavy (non-hydrogen) atoms. The molecular formula is C22H25BrN4O. The number of carbonyl (C=O) groups excluding carboxylic acids is 1. The summed E-state index contributed by atoms with van der Waals surface area (Å²) in [5.41, 5.74) is 3.19. The number of halogens is 1. The standard InChI is InChI=1S/C22H25BrN4O/c1-25(2)22(28)16-7-6-12-26(14-16)15-21-24-19-10-3-4-11-20(19)27(21)18-9-5-8-17(23)13-18/h3-5,8-11,13,16H,6-7,12,14-15H2,1-2H3/t16-/m1/s1. The van der Waals surface area contributed by atoms with Crippen LogP contribution in [0.5, 0.6) is 0 Å².